The summed E-state index contributed by atoms with van der Waals surface area (Å²) >= 11 is 7.25. The Morgan fingerprint density at radius 1 is 1.33 bits per heavy atom. The summed E-state index contributed by atoms with van der Waals surface area (Å²) in [5, 5.41) is 5.37. The molecule has 2 rings (SSSR count). The van der Waals surface area contributed by atoms with Crippen LogP contribution in [-0.2, 0) is 6.54 Å². The van der Waals surface area contributed by atoms with Gasteiger partial charge in [0.05, 0.1) is 16.3 Å². The van der Waals surface area contributed by atoms with Gasteiger partial charge in [0, 0.05) is 11.9 Å². The first kappa shape index (κ1) is 11.6. The van der Waals surface area contributed by atoms with Crippen molar-refractivity contribution in [3.05, 3.63) is 24.3 Å². The molecule has 0 atom stereocenters. The van der Waals surface area contributed by atoms with Crippen molar-refractivity contribution >= 4 is 52.6 Å². The van der Waals surface area contributed by atoms with Gasteiger partial charge >= 0.3 is 0 Å². The van der Waals surface area contributed by atoms with Crippen molar-refractivity contribution in [2.45, 2.75) is 19.9 Å². The molecule has 15 heavy (non-hydrogen) atoms. The van der Waals surface area contributed by atoms with Gasteiger partial charge in [0.2, 0.25) is 0 Å². The summed E-state index contributed by atoms with van der Waals surface area (Å²) in [6.45, 7) is 3.14. The second-order valence-corrected chi connectivity index (χ2v) is 11.3. The van der Waals surface area contributed by atoms with E-state index in [2.05, 4.69) is 65.9 Å². The van der Waals surface area contributed by atoms with Crippen LogP contribution in [0.25, 0.3) is 10.9 Å². The molecule has 0 aliphatic rings. The Kier molecular flexibility index (Phi) is 3.81. The van der Waals surface area contributed by atoms with Crippen LogP contribution < -0.4 is 5.44 Å². The number of benzene rings is 1. The van der Waals surface area contributed by atoms with Gasteiger partial charge in [-0.2, -0.15) is 5.10 Å². The fraction of sp³-hybridized carbons (Fsp3) is 0.300. The normalized spacial score (nSPS) is 11.5. The minimum absolute atomic E-state index is 0.465. The predicted molar refractivity (Wildman–Crippen MR) is 74.4 cm³/mol. The van der Waals surface area contributed by atoms with Crippen molar-refractivity contribution < 1.29 is 0 Å². The van der Waals surface area contributed by atoms with Gasteiger partial charge in [0.25, 0.3) is 0 Å². The van der Waals surface area contributed by atoms with Crippen LogP contribution in [0.4, 0.5) is 0 Å². The molecule has 0 radical (unpaired) electrons. The van der Waals surface area contributed by atoms with Gasteiger partial charge in [-0.3, -0.25) is 4.68 Å². The first-order chi connectivity index (χ1) is 7.24. The lowest BCUT2D eigenvalue weighted by Crippen LogP contribution is -2.13. The van der Waals surface area contributed by atoms with Gasteiger partial charge in [-0.15, -0.1) is 0 Å². The number of nitrogens with zero attached hydrogens (tertiary/aromatic N) is 2. The van der Waals surface area contributed by atoms with E-state index < -0.39 is 5.33 Å². The number of rotatable bonds is 3. The van der Waals surface area contributed by atoms with E-state index in [1.807, 2.05) is 6.07 Å². The topological polar surface area (TPSA) is 17.8 Å². The first-order valence-electron chi connectivity index (χ1n) is 4.81. The smallest absolute Gasteiger partial charge is 0.0930 e. The quantitative estimate of drug-likeness (QED) is 0.760. The maximum atomic E-state index is 4.60. The molecule has 0 amide bonds. The molecule has 0 bridgehead atoms. The summed E-state index contributed by atoms with van der Waals surface area (Å²) < 4.78 is 2.10. The van der Waals surface area contributed by atoms with E-state index in [1.54, 1.807) is 0 Å². The van der Waals surface area contributed by atoms with Crippen molar-refractivity contribution in [3.63, 3.8) is 0 Å². The van der Waals surface area contributed by atoms with Crippen LogP contribution in [-0.4, -0.2) is 9.78 Å². The van der Waals surface area contributed by atoms with Crippen LogP contribution >= 0.6 is 36.3 Å². The molecule has 0 unspecified atom stereocenters. The van der Waals surface area contributed by atoms with Crippen molar-refractivity contribution in [3.8, 4) is 0 Å². The lowest BCUT2D eigenvalue weighted by Gasteiger charge is -2.06. The van der Waals surface area contributed by atoms with Gasteiger partial charge in [-0.25, -0.2) is 0 Å². The Labute approximate surface area is 106 Å². The van der Waals surface area contributed by atoms with Crippen LogP contribution in [0.5, 0.6) is 0 Å². The van der Waals surface area contributed by atoms with E-state index in [-0.39, 0.29) is 0 Å². The highest BCUT2D eigenvalue weighted by Gasteiger charge is 2.15. The maximum Gasteiger partial charge on any atom is 0.0930 e. The van der Waals surface area contributed by atoms with E-state index in [0.717, 1.165) is 18.5 Å². The first-order valence-corrected chi connectivity index (χ1v) is 10.2. The minimum atomic E-state index is -0.465. The lowest BCUT2D eigenvalue weighted by atomic mass is 10.3. The van der Waals surface area contributed by atoms with Crippen LogP contribution in [0, 0.1) is 0 Å². The largest absolute Gasteiger partial charge is 0.262 e. The van der Waals surface area contributed by atoms with E-state index in [4.69, 9.17) is 0 Å². The average molecular weight is 350 g/mol. The summed E-state index contributed by atoms with van der Waals surface area (Å²) in [6, 6.07) is 8.27. The third-order valence-electron chi connectivity index (χ3n) is 2.21. The molecule has 5 heteroatoms. The second-order valence-electron chi connectivity index (χ2n) is 3.30. The van der Waals surface area contributed by atoms with E-state index >= 15 is 0 Å². The molecule has 0 spiro atoms. The molecule has 0 saturated heterocycles. The van der Waals surface area contributed by atoms with E-state index in [0.29, 0.717) is 0 Å². The van der Waals surface area contributed by atoms with Crippen LogP contribution in [0.2, 0.25) is 0 Å². The van der Waals surface area contributed by atoms with Crippen LogP contribution in [0.15, 0.2) is 24.3 Å². The fourth-order valence-electron chi connectivity index (χ4n) is 1.61. The molecule has 1 aromatic heterocycles. The minimum Gasteiger partial charge on any atom is -0.262 e. The molecule has 0 aliphatic carbocycles. The predicted octanol–water partition coefficient (Wildman–Crippen LogP) is 4.17. The van der Waals surface area contributed by atoms with Crippen molar-refractivity contribution in [2.24, 2.45) is 0 Å². The molecule has 2 nitrogen and oxygen atoms in total. The highest BCUT2D eigenvalue weighted by molar-refractivity contribution is 9.70. The lowest BCUT2D eigenvalue weighted by molar-refractivity contribution is 0.624. The van der Waals surface area contributed by atoms with Crippen LogP contribution in [0.1, 0.15) is 13.3 Å². The summed E-state index contributed by atoms with van der Waals surface area (Å²) in [5.74, 6) is 0. The zero-order chi connectivity index (χ0) is 10.8. The SMILES string of the molecule is CCCn1nc2ccccc2c1P(Br)Br. The van der Waals surface area contributed by atoms with Gasteiger partial charge in [-0.1, -0.05) is 25.1 Å². The zero-order valence-electron chi connectivity index (χ0n) is 8.32. The summed E-state index contributed by atoms with van der Waals surface area (Å²) in [5.41, 5.74) is 2.34. The number of fused-ring (bicyclic) bond motifs is 1. The molecule has 1 heterocycles. The van der Waals surface area contributed by atoms with E-state index in [9.17, 15) is 0 Å². The second kappa shape index (κ2) is 4.94. The highest BCUT2D eigenvalue weighted by atomic mass is 79.9. The molecule has 1 aromatic carbocycles. The molecule has 80 valence electrons. The van der Waals surface area contributed by atoms with Gasteiger partial charge in [-0.05, 0) is 43.5 Å². The van der Waals surface area contributed by atoms with Gasteiger partial charge < -0.3 is 0 Å². The Balaban J connectivity index is 2.63. The number of hydrogen-bond acceptors (Lipinski definition) is 1. The number of aromatic nitrogens is 2. The molecule has 2 aromatic rings. The van der Waals surface area contributed by atoms with Gasteiger partial charge in [0.15, 0.2) is 0 Å². The molecular weight excluding hydrogens is 339 g/mol. The highest BCUT2D eigenvalue weighted by Crippen LogP contribution is 2.52. The summed E-state index contributed by atoms with van der Waals surface area (Å²) in [7, 11) is 0. The third-order valence-corrected chi connectivity index (χ3v) is 5.02. The van der Waals surface area contributed by atoms with Crippen molar-refractivity contribution in [2.75, 3.05) is 0 Å². The monoisotopic (exact) mass is 348 g/mol. The van der Waals surface area contributed by atoms with Crippen molar-refractivity contribution in [1.82, 2.24) is 9.78 Å². The fourth-order valence-corrected chi connectivity index (χ4v) is 4.55. The Bertz CT molecular complexity index is 467. The average Bonchev–Trinajstić information content (AvgIpc) is 2.56. The number of hydrogen-bond donors (Lipinski definition) is 0. The maximum absolute atomic E-state index is 4.60. The number of aryl methyl sites for hydroxylation is 1. The Morgan fingerprint density at radius 2 is 2.07 bits per heavy atom. The number of halogens is 2. The zero-order valence-corrected chi connectivity index (χ0v) is 12.4. The Hall–Kier alpha value is 0.0800. The Morgan fingerprint density at radius 3 is 2.73 bits per heavy atom. The van der Waals surface area contributed by atoms with Gasteiger partial charge in [0.1, 0.15) is 0 Å². The molecule has 0 N–H and O–H groups in total. The summed E-state index contributed by atoms with van der Waals surface area (Å²) in [6.07, 6.45) is 1.10. The molecule has 0 fully saturated rings. The van der Waals surface area contributed by atoms with Crippen molar-refractivity contribution in [1.29, 1.82) is 0 Å². The molecule has 0 aliphatic heterocycles. The van der Waals surface area contributed by atoms with E-state index in [1.165, 1.54) is 10.8 Å². The standard InChI is InChI=1S/C10H11Br2N2P/c1-2-7-14-10(15(11)12)8-5-3-4-6-9(8)13-14/h3-6H,2,7H2,1H3. The molecule has 0 saturated carbocycles. The summed E-state index contributed by atoms with van der Waals surface area (Å²) in [4.78, 5) is 0. The van der Waals surface area contributed by atoms with Crippen LogP contribution in [0.3, 0.4) is 0 Å². The molecular formula is C10H11Br2N2P. The third kappa shape index (κ3) is 2.27.